The van der Waals surface area contributed by atoms with Gasteiger partial charge in [0.15, 0.2) is 0 Å². The normalized spacial score (nSPS) is 23.9. The molecule has 1 fully saturated rings. The standard InChI is InChI=1S/C30H33Cl2NO3/c1-3-26-20(2)28(34-18-21-10-6-4-7-11-21)30(35-19-22-12-8-5-9-13-22)29(36-26)23-14-15-25(31)24(16-23)17-27(32)33/h4-16,20,26,28-30,33H,3,17-19H2,1-2H3/t20-,26-,28+,29+,30-/m1/s1. The van der Waals surface area contributed by atoms with E-state index in [0.717, 1.165) is 28.7 Å². The first kappa shape index (κ1) is 26.8. The molecule has 5 atom stereocenters. The number of hydrogen-bond acceptors (Lipinski definition) is 4. The maximum Gasteiger partial charge on any atom is 0.115 e. The number of hydrogen-bond donors (Lipinski definition) is 1. The summed E-state index contributed by atoms with van der Waals surface area (Å²) in [7, 11) is 0. The average molecular weight is 527 g/mol. The molecule has 190 valence electrons. The Morgan fingerprint density at radius 2 is 1.47 bits per heavy atom. The van der Waals surface area contributed by atoms with Crippen LogP contribution in [0.2, 0.25) is 5.02 Å². The molecule has 4 nitrogen and oxygen atoms in total. The van der Waals surface area contributed by atoms with E-state index < -0.39 is 0 Å². The molecule has 1 N–H and O–H groups in total. The van der Waals surface area contributed by atoms with Gasteiger partial charge < -0.3 is 14.2 Å². The highest BCUT2D eigenvalue weighted by Gasteiger charge is 2.45. The molecule has 0 amide bonds. The summed E-state index contributed by atoms with van der Waals surface area (Å²) in [6, 6.07) is 26.2. The molecule has 0 unspecified atom stereocenters. The van der Waals surface area contributed by atoms with Crippen LogP contribution in [0.4, 0.5) is 0 Å². The molecule has 6 heteroatoms. The monoisotopic (exact) mass is 525 g/mol. The summed E-state index contributed by atoms with van der Waals surface area (Å²) in [6.45, 7) is 5.27. The quantitative estimate of drug-likeness (QED) is 0.275. The predicted octanol–water partition coefficient (Wildman–Crippen LogP) is 7.76. The Hall–Kier alpha value is -2.21. The van der Waals surface area contributed by atoms with E-state index >= 15 is 0 Å². The molecule has 1 aliphatic rings. The van der Waals surface area contributed by atoms with Crippen molar-refractivity contribution < 1.29 is 14.2 Å². The Kier molecular flexibility index (Phi) is 9.58. The van der Waals surface area contributed by atoms with Crippen molar-refractivity contribution in [2.75, 3.05) is 0 Å². The third kappa shape index (κ3) is 6.76. The van der Waals surface area contributed by atoms with E-state index in [1.807, 2.05) is 54.6 Å². The lowest BCUT2D eigenvalue weighted by Crippen LogP contribution is -2.51. The molecular formula is C30H33Cl2NO3. The van der Waals surface area contributed by atoms with Crippen LogP contribution < -0.4 is 0 Å². The molecule has 0 bridgehead atoms. The van der Waals surface area contributed by atoms with Gasteiger partial charge in [-0.3, -0.25) is 5.41 Å². The van der Waals surface area contributed by atoms with Crippen LogP contribution >= 0.6 is 23.2 Å². The van der Waals surface area contributed by atoms with Crippen LogP contribution in [0.3, 0.4) is 0 Å². The summed E-state index contributed by atoms with van der Waals surface area (Å²) in [5.41, 5.74) is 3.96. The first-order valence-electron chi connectivity index (χ1n) is 12.4. The Morgan fingerprint density at radius 1 is 0.889 bits per heavy atom. The van der Waals surface area contributed by atoms with E-state index in [2.05, 4.69) is 38.1 Å². The summed E-state index contributed by atoms with van der Waals surface area (Å²) in [5.74, 6) is 0.138. The molecule has 3 aromatic rings. The molecule has 0 aromatic heterocycles. The summed E-state index contributed by atoms with van der Waals surface area (Å²) < 4.78 is 19.9. The van der Waals surface area contributed by atoms with E-state index in [4.69, 9.17) is 42.8 Å². The zero-order chi connectivity index (χ0) is 25.5. The van der Waals surface area contributed by atoms with E-state index in [9.17, 15) is 0 Å². The highest BCUT2D eigenvalue weighted by molar-refractivity contribution is 6.64. The van der Waals surface area contributed by atoms with Crippen LogP contribution in [0.15, 0.2) is 78.9 Å². The van der Waals surface area contributed by atoms with Gasteiger partial charge in [-0.25, -0.2) is 0 Å². The zero-order valence-corrected chi connectivity index (χ0v) is 22.2. The van der Waals surface area contributed by atoms with Crippen molar-refractivity contribution in [1.29, 1.82) is 5.41 Å². The van der Waals surface area contributed by atoms with Crippen LogP contribution in [0, 0.1) is 11.3 Å². The van der Waals surface area contributed by atoms with Gasteiger partial charge in [-0.05, 0) is 34.7 Å². The molecule has 1 aliphatic heterocycles. The molecule has 1 heterocycles. The molecule has 0 aliphatic carbocycles. The first-order chi connectivity index (χ1) is 17.5. The Bertz CT molecular complexity index is 1130. The number of rotatable bonds is 10. The van der Waals surface area contributed by atoms with Crippen LogP contribution in [0.1, 0.15) is 48.6 Å². The van der Waals surface area contributed by atoms with Crippen LogP contribution in [0.25, 0.3) is 0 Å². The predicted molar refractivity (Wildman–Crippen MR) is 146 cm³/mol. The second kappa shape index (κ2) is 12.8. The minimum Gasteiger partial charge on any atom is -0.370 e. The molecule has 3 aromatic carbocycles. The number of nitrogens with one attached hydrogen (secondary N) is 1. The Morgan fingerprint density at radius 3 is 2.03 bits per heavy atom. The topological polar surface area (TPSA) is 51.5 Å². The van der Waals surface area contributed by atoms with Crippen molar-refractivity contribution in [2.45, 2.75) is 64.3 Å². The smallest absolute Gasteiger partial charge is 0.115 e. The summed E-state index contributed by atoms with van der Waals surface area (Å²) >= 11 is 12.3. The molecule has 0 radical (unpaired) electrons. The minimum absolute atomic E-state index is 0.0119. The summed E-state index contributed by atoms with van der Waals surface area (Å²) in [6.07, 6.45) is 0.284. The van der Waals surface area contributed by atoms with Gasteiger partial charge in [0.2, 0.25) is 0 Å². The van der Waals surface area contributed by atoms with Gasteiger partial charge in [-0.1, -0.05) is 110 Å². The lowest BCUT2D eigenvalue weighted by molar-refractivity contribution is -0.234. The molecule has 0 saturated carbocycles. The summed E-state index contributed by atoms with van der Waals surface area (Å²) in [5, 5.41) is 8.36. The van der Waals surface area contributed by atoms with Crippen molar-refractivity contribution in [3.63, 3.8) is 0 Å². The molecule has 4 rings (SSSR count). The second-order valence-corrected chi connectivity index (χ2v) is 10.2. The van der Waals surface area contributed by atoms with Gasteiger partial charge in [0.25, 0.3) is 0 Å². The van der Waals surface area contributed by atoms with Gasteiger partial charge >= 0.3 is 0 Å². The maximum absolute atomic E-state index is 7.73. The number of benzene rings is 3. The van der Waals surface area contributed by atoms with Crippen LogP contribution in [0.5, 0.6) is 0 Å². The third-order valence-corrected chi connectivity index (χ3v) is 7.27. The van der Waals surface area contributed by atoms with Gasteiger partial charge in [0.1, 0.15) is 17.4 Å². The first-order valence-corrected chi connectivity index (χ1v) is 13.2. The number of halogens is 2. The van der Waals surface area contributed by atoms with Crippen molar-refractivity contribution in [2.24, 2.45) is 5.92 Å². The van der Waals surface area contributed by atoms with E-state index in [1.165, 1.54) is 0 Å². The molecular weight excluding hydrogens is 493 g/mol. The van der Waals surface area contributed by atoms with Gasteiger partial charge in [-0.2, -0.15) is 0 Å². The molecule has 36 heavy (non-hydrogen) atoms. The van der Waals surface area contributed by atoms with Gasteiger partial charge in [0, 0.05) is 17.4 Å². The fourth-order valence-corrected chi connectivity index (χ4v) is 5.17. The summed E-state index contributed by atoms with van der Waals surface area (Å²) in [4.78, 5) is 0. The van der Waals surface area contributed by atoms with E-state index in [0.29, 0.717) is 18.2 Å². The second-order valence-electron chi connectivity index (χ2n) is 9.32. The lowest BCUT2D eigenvalue weighted by atomic mass is 9.84. The fraction of sp³-hybridized carbons (Fsp3) is 0.367. The maximum atomic E-state index is 7.73. The average Bonchev–Trinajstić information content (AvgIpc) is 2.89. The largest absolute Gasteiger partial charge is 0.370 e. The van der Waals surface area contributed by atoms with E-state index in [1.54, 1.807) is 0 Å². The lowest BCUT2D eigenvalue weighted by Gasteiger charge is -2.46. The number of ether oxygens (including phenoxy) is 3. The van der Waals surface area contributed by atoms with Gasteiger partial charge in [0.05, 0.1) is 25.4 Å². The SMILES string of the molecule is CC[C@H]1O[C@@H](c2ccc(Cl)c(CC(=N)Cl)c2)[C@H](OCc2ccccc2)[C@@H](OCc2ccccc2)[C@@H]1C. The minimum atomic E-state index is -0.351. The van der Waals surface area contributed by atoms with Crippen LogP contribution in [-0.4, -0.2) is 23.5 Å². The van der Waals surface area contributed by atoms with Gasteiger partial charge in [-0.15, -0.1) is 0 Å². The Labute approximate surface area is 224 Å². The van der Waals surface area contributed by atoms with E-state index in [-0.39, 0.29) is 41.9 Å². The molecule has 1 saturated heterocycles. The van der Waals surface area contributed by atoms with Crippen molar-refractivity contribution in [1.82, 2.24) is 0 Å². The highest BCUT2D eigenvalue weighted by atomic mass is 35.5. The fourth-order valence-electron chi connectivity index (χ4n) is 4.85. The Balaban J connectivity index is 1.67. The highest BCUT2D eigenvalue weighted by Crippen LogP contribution is 2.41. The van der Waals surface area contributed by atoms with Crippen molar-refractivity contribution in [3.05, 3.63) is 106 Å². The molecule has 0 spiro atoms. The third-order valence-electron chi connectivity index (χ3n) is 6.77. The van der Waals surface area contributed by atoms with Crippen LogP contribution in [-0.2, 0) is 33.8 Å². The van der Waals surface area contributed by atoms with Crippen molar-refractivity contribution in [3.8, 4) is 0 Å². The van der Waals surface area contributed by atoms with Crippen molar-refractivity contribution >= 4 is 28.4 Å². The zero-order valence-electron chi connectivity index (χ0n) is 20.7.